The van der Waals surface area contributed by atoms with E-state index in [1.54, 1.807) is 0 Å². The van der Waals surface area contributed by atoms with Crippen LogP contribution >= 0.6 is 24.0 Å². The standard InChI is InChI=1S/C17H35N3O2.HI/c1-5-17(21,6-2)14-19-16(18-7-3)20(4)11-8-15-9-12-22-13-10-15;/h15,21H,5-14H2,1-4H3,(H,18,19);1H. The van der Waals surface area contributed by atoms with Gasteiger partial charge in [-0.3, -0.25) is 4.99 Å². The van der Waals surface area contributed by atoms with Crippen LogP contribution in [-0.4, -0.2) is 61.5 Å². The number of ether oxygens (including phenoxy) is 1. The van der Waals surface area contributed by atoms with Gasteiger partial charge in [-0.2, -0.15) is 0 Å². The van der Waals surface area contributed by atoms with E-state index >= 15 is 0 Å². The molecule has 1 heterocycles. The Morgan fingerprint density at radius 1 is 1.26 bits per heavy atom. The predicted octanol–water partition coefficient (Wildman–Crippen LogP) is 2.87. The highest BCUT2D eigenvalue weighted by Gasteiger charge is 2.22. The minimum absolute atomic E-state index is 0. The second-order valence-corrected chi connectivity index (χ2v) is 6.37. The van der Waals surface area contributed by atoms with E-state index in [0.29, 0.717) is 6.54 Å². The molecule has 5 nitrogen and oxygen atoms in total. The molecule has 1 aliphatic heterocycles. The molecule has 1 fully saturated rings. The number of nitrogens with one attached hydrogen (secondary N) is 1. The van der Waals surface area contributed by atoms with Crippen LogP contribution in [-0.2, 0) is 4.74 Å². The summed E-state index contributed by atoms with van der Waals surface area (Å²) in [6.07, 6.45) is 4.99. The number of rotatable bonds is 8. The fourth-order valence-electron chi connectivity index (χ4n) is 2.68. The first kappa shape index (κ1) is 22.9. The maximum atomic E-state index is 10.4. The van der Waals surface area contributed by atoms with E-state index in [1.807, 2.05) is 13.8 Å². The van der Waals surface area contributed by atoms with E-state index in [-0.39, 0.29) is 24.0 Å². The Kier molecular flexibility index (Phi) is 12.3. The maximum Gasteiger partial charge on any atom is 0.193 e. The van der Waals surface area contributed by atoms with Gasteiger partial charge in [0.2, 0.25) is 0 Å². The third-order valence-corrected chi connectivity index (χ3v) is 4.75. The molecule has 0 bridgehead atoms. The number of guanidine groups is 1. The second kappa shape index (κ2) is 12.3. The van der Waals surface area contributed by atoms with Gasteiger partial charge in [-0.25, -0.2) is 0 Å². The molecule has 138 valence electrons. The zero-order valence-corrected chi connectivity index (χ0v) is 17.6. The van der Waals surface area contributed by atoms with Crippen molar-refractivity contribution in [3.8, 4) is 0 Å². The van der Waals surface area contributed by atoms with Gasteiger partial charge >= 0.3 is 0 Å². The molecular formula is C17H36IN3O2. The Morgan fingerprint density at radius 3 is 2.39 bits per heavy atom. The molecule has 0 aromatic rings. The van der Waals surface area contributed by atoms with Gasteiger partial charge in [0, 0.05) is 33.4 Å². The van der Waals surface area contributed by atoms with Gasteiger partial charge in [0.1, 0.15) is 0 Å². The van der Waals surface area contributed by atoms with Crippen LogP contribution in [0.15, 0.2) is 4.99 Å². The molecule has 0 unspecified atom stereocenters. The number of aliphatic imine (C=N–C) groups is 1. The molecule has 6 heteroatoms. The van der Waals surface area contributed by atoms with Crippen molar-refractivity contribution in [2.45, 2.75) is 58.5 Å². The lowest BCUT2D eigenvalue weighted by atomic mass is 9.96. The lowest BCUT2D eigenvalue weighted by Crippen LogP contribution is -2.41. The molecule has 2 N–H and O–H groups in total. The summed E-state index contributed by atoms with van der Waals surface area (Å²) < 4.78 is 5.42. The summed E-state index contributed by atoms with van der Waals surface area (Å²) in [6, 6.07) is 0. The highest BCUT2D eigenvalue weighted by molar-refractivity contribution is 14.0. The zero-order chi connectivity index (χ0) is 16.4. The molecule has 23 heavy (non-hydrogen) atoms. The van der Waals surface area contributed by atoms with Crippen LogP contribution in [0.5, 0.6) is 0 Å². The van der Waals surface area contributed by atoms with Crippen molar-refractivity contribution in [3.05, 3.63) is 0 Å². The van der Waals surface area contributed by atoms with Gasteiger partial charge in [-0.05, 0) is 44.9 Å². The van der Waals surface area contributed by atoms with Crippen LogP contribution in [0.3, 0.4) is 0 Å². The average molecular weight is 441 g/mol. The van der Waals surface area contributed by atoms with Crippen LogP contribution in [0, 0.1) is 5.92 Å². The van der Waals surface area contributed by atoms with Crippen LogP contribution in [0.2, 0.25) is 0 Å². The Bertz CT molecular complexity index is 330. The normalized spacial score (nSPS) is 16.8. The zero-order valence-electron chi connectivity index (χ0n) is 15.3. The molecule has 1 saturated heterocycles. The minimum atomic E-state index is -0.678. The molecule has 0 aliphatic carbocycles. The van der Waals surface area contributed by atoms with Gasteiger partial charge in [-0.1, -0.05) is 13.8 Å². The van der Waals surface area contributed by atoms with Gasteiger partial charge in [0.25, 0.3) is 0 Å². The van der Waals surface area contributed by atoms with Crippen LogP contribution in [0.1, 0.15) is 52.9 Å². The minimum Gasteiger partial charge on any atom is -0.388 e. The number of hydrogen-bond acceptors (Lipinski definition) is 3. The maximum absolute atomic E-state index is 10.4. The van der Waals surface area contributed by atoms with E-state index in [0.717, 1.165) is 51.0 Å². The Balaban J connectivity index is 0.00000484. The van der Waals surface area contributed by atoms with Crippen molar-refractivity contribution in [2.75, 3.05) is 39.9 Å². The smallest absolute Gasteiger partial charge is 0.193 e. The molecule has 0 aromatic carbocycles. The largest absolute Gasteiger partial charge is 0.388 e. The second-order valence-electron chi connectivity index (χ2n) is 6.37. The lowest BCUT2D eigenvalue weighted by molar-refractivity contribution is 0.0415. The highest BCUT2D eigenvalue weighted by atomic mass is 127. The number of hydrogen-bond donors (Lipinski definition) is 2. The Labute approximate surface area is 159 Å². The average Bonchev–Trinajstić information content (AvgIpc) is 2.57. The third kappa shape index (κ3) is 8.54. The molecule has 1 rings (SSSR count). The van der Waals surface area contributed by atoms with Crippen molar-refractivity contribution in [1.82, 2.24) is 10.2 Å². The first-order chi connectivity index (χ1) is 10.5. The van der Waals surface area contributed by atoms with Crippen molar-refractivity contribution < 1.29 is 9.84 Å². The number of halogens is 1. The molecule has 0 amide bonds. The summed E-state index contributed by atoms with van der Waals surface area (Å²) in [7, 11) is 2.08. The fourth-order valence-corrected chi connectivity index (χ4v) is 2.68. The molecule has 1 aliphatic rings. The monoisotopic (exact) mass is 441 g/mol. The van der Waals surface area contributed by atoms with E-state index in [2.05, 4.69) is 29.2 Å². The quantitative estimate of drug-likeness (QED) is 0.346. The number of aliphatic hydroxyl groups is 1. The summed E-state index contributed by atoms with van der Waals surface area (Å²) in [5.41, 5.74) is -0.678. The predicted molar refractivity (Wildman–Crippen MR) is 108 cm³/mol. The van der Waals surface area contributed by atoms with Crippen LogP contribution in [0.25, 0.3) is 0 Å². The van der Waals surface area contributed by atoms with E-state index in [4.69, 9.17) is 4.74 Å². The highest BCUT2D eigenvalue weighted by Crippen LogP contribution is 2.19. The van der Waals surface area contributed by atoms with Gasteiger partial charge < -0.3 is 20.1 Å². The number of nitrogens with zero attached hydrogens (tertiary/aromatic N) is 2. The summed E-state index contributed by atoms with van der Waals surface area (Å²) in [5.74, 6) is 1.66. The fraction of sp³-hybridized carbons (Fsp3) is 0.941. The first-order valence-electron chi connectivity index (χ1n) is 8.84. The van der Waals surface area contributed by atoms with Gasteiger partial charge in [0.05, 0.1) is 12.1 Å². The summed E-state index contributed by atoms with van der Waals surface area (Å²) in [4.78, 5) is 6.83. The van der Waals surface area contributed by atoms with Crippen LogP contribution in [0.4, 0.5) is 0 Å². The van der Waals surface area contributed by atoms with Crippen molar-refractivity contribution in [1.29, 1.82) is 0 Å². The lowest BCUT2D eigenvalue weighted by Gasteiger charge is -2.28. The first-order valence-corrected chi connectivity index (χ1v) is 8.84. The van der Waals surface area contributed by atoms with E-state index in [1.165, 1.54) is 19.3 Å². The molecular weight excluding hydrogens is 405 g/mol. The van der Waals surface area contributed by atoms with Gasteiger partial charge in [-0.15, -0.1) is 24.0 Å². The molecule has 0 aromatic heterocycles. The van der Waals surface area contributed by atoms with Crippen LogP contribution < -0.4 is 5.32 Å². The van der Waals surface area contributed by atoms with Crippen molar-refractivity contribution in [3.63, 3.8) is 0 Å². The topological polar surface area (TPSA) is 57.1 Å². The molecule has 0 radical (unpaired) electrons. The van der Waals surface area contributed by atoms with Crippen molar-refractivity contribution in [2.24, 2.45) is 10.9 Å². The molecule has 0 spiro atoms. The third-order valence-electron chi connectivity index (χ3n) is 4.75. The summed E-state index contributed by atoms with van der Waals surface area (Å²) in [6.45, 7) is 10.2. The van der Waals surface area contributed by atoms with Crippen molar-refractivity contribution >= 4 is 29.9 Å². The van der Waals surface area contributed by atoms with Gasteiger partial charge in [0.15, 0.2) is 5.96 Å². The molecule has 0 atom stereocenters. The van der Waals surface area contributed by atoms with E-state index < -0.39 is 5.60 Å². The molecule has 0 saturated carbocycles. The summed E-state index contributed by atoms with van der Waals surface area (Å²) >= 11 is 0. The summed E-state index contributed by atoms with van der Waals surface area (Å²) in [5, 5.41) is 13.7. The Morgan fingerprint density at radius 2 is 1.87 bits per heavy atom. The SMILES string of the molecule is CCNC(=NCC(O)(CC)CC)N(C)CCC1CCOCC1.I. The van der Waals surface area contributed by atoms with E-state index in [9.17, 15) is 5.11 Å². The Hall–Kier alpha value is -0.0800.